The Hall–Kier alpha value is -3.96. The predicted molar refractivity (Wildman–Crippen MR) is 570 cm³/mol. The molecule has 0 spiro atoms. The van der Waals surface area contributed by atoms with Crippen LogP contribution < -0.4 is 5.14 Å². The van der Waals surface area contributed by atoms with E-state index in [0.717, 1.165) is 95.3 Å². The van der Waals surface area contributed by atoms with Crippen LogP contribution in [0.3, 0.4) is 0 Å². The van der Waals surface area contributed by atoms with Crippen molar-refractivity contribution >= 4 is 149 Å². The summed E-state index contributed by atoms with van der Waals surface area (Å²) < 4.78 is 297. The molecule has 0 radical (unpaired) electrons. The fourth-order valence-electron chi connectivity index (χ4n) is 11.4. The van der Waals surface area contributed by atoms with Crippen molar-refractivity contribution in [2.45, 2.75) is 432 Å². The lowest BCUT2D eigenvalue weighted by atomic mass is 9.82. The number of hydrogen-bond donors (Lipinski definition) is 1. The first kappa shape index (κ1) is 157. The van der Waals surface area contributed by atoms with E-state index >= 15 is 0 Å². The lowest BCUT2D eigenvalue weighted by Crippen LogP contribution is -2.50. The third-order valence-corrected chi connectivity index (χ3v) is 51.7. The molecule has 0 amide bonds. The largest absolute Gasteiger partial charge is 0.468 e. The van der Waals surface area contributed by atoms with Gasteiger partial charge in [-0.05, 0) is 271 Å². The number of fused-ring (bicyclic) bond motifs is 2. The number of primary sulfonamides is 1. The summed E-state index contributed by atoms with van der Waals surface area (Å²) in [6.45, 7) is 51.9. The second kappa shape index (κ2) is 63.5. The van der Waals surface area contributed by atoms with Gasteiger partial charge in [-0.15, -0.1) is 0 Å². The Bertz CT molecular complexity index is 5360. The summed E-state index contributed by atoms with van der Waals surface area (Å²) in [6.07, 6.45) is 23.8. The summed E-state index contributed by atoms with van der Waals surface area (Å²) in [5, 5.41) is 12.0. The summed E-state index contributed by atoms with van der Waals surface area (Å²) in [4.78, 5) is 59.1. The first-order valence-corrected chi connectivity index (χ1v) is 68.5. The number of nitrogens with zero attached hydrogens (tertiary/aromatic N) is 2. The number of esters is 5. The zero-order valence-corrected chi connectivity index (χ0v) is 105. The number of nitriles is 1. The van der Waals surface area contributed by atoms with Crippen LogP contribution in [0.25, 0.3) is 0 Å². The van der Waals surface area contributed by atoms with Crippen molar-refractivity contribution < 1.29 is 162 Å². The second-order valence-corrected chi connectivity index (χ2v) is 68.3. The van der Waals surface area contributed by atoms with Crippen molar-refractivity contribution in [1.82, 2.24) is 4.31 Å². The van der Waals surface area contributed by atoms with Crippen molar-refractivity contribution in [2.24, 2.45) is 17.0 Å². The molecule has 143 heavy (non-hydrogen) atoms. The van der Waals surface area contributed by atoms with Crippen molar-refractivity contribution in [3.63, 3.8) is 0 Å². The minimum Gasteiger partial charge on any atom is -0.468 e. The van der Waals surface area contributed by atoms with Crippen LogP contribution in [-0.4, -0.2) is 310 Å². The highest BCUT2D eigenvalue weighted by Gasteiger charge is 2.56. The summed E-state index contributed by atoms with van der Waals surface area (Å²) in [7, 11) is -30.9. The average molecular weight is 2300 g/mol. The normalized spacial score (nSPS) is 19.5. The van der Waals surface area contributed by atoms with Gasteiger partial charge in [-0.25, -0.2) is 93.6 Å². The highest BCUT2D eigenvalue weighted by atomic mass is 32.2. The molecular formula is C91H189N3O37S12. The molecule has 0 aromatic rings. The molecule has 0 saturated heterocycles. The van der Waals surface area contributed by atoms with Gasteiger partial charge in [0.1, 0.15) is 26.6 Å². The van der Waals surface area contributed by atoms with E-state index in [9.17, 15) is 125 Å². The maximum Gasteiger partial charge on any atom is 0.329 e. The first-order valence-electron chi connectivity index (χ1n) is 47.3. The maximum absolute atomic E-state index is 12.5. The molecule has 0 aromatic carbocycles. The van der Waals surface area contributed by atoms with E-state index in [1.54, 1.807) is 152 Å². The lowest BCUT2D eigenvalue weighted by molar-refractivity contribution is -0.169. The third kappa shape index (κ3) is 50.4. The third-order valence-electron chi connectivity index (χ3n) is 27.5. The maximum atomic E-state index is 12.5. The van der Waals surface area contributed by atoms with E-state index in [1.165, 1.54) is 93.2 Å². The van der Waals surface area contributed by atoms with Crippen LogP contribution in [0, 0.1) is 23.2 Å². The Balaban J connectivity index is -0.000000198. The number of sulfone groups is 8. The summed E-state index contributed by atoms with van der Waals surface area (Å²) in [5.74, 6) is -2.23. The number of hydrogen-bond acceptors (Lipinski definition) is 38. The van der Waals surface area contributed by atoms with Gasteiger partial charge < -0.3 is 28.4 Å². The molecule has 40 nitrogen and oxygen atoms in total. The number of ether oxygens (including phenoxy) is 6. The lowest BCUT2D eigenvalue weighted by Gasteiger charge is -2.39. The first-order chi connectivity index (χ1) is 63.4. The minimum atomic E-state index is -3.48. The number of carbonyl (C=O) groups is 5. The summed E-state index contributed by atoms with van der Waals surface area (Å²) >= 11 is 0. The van der Waals surface area contributed by atoms with E-state index in [2.05, 4.69) is 22.6 Å². The van der Waals surface area contributed by atoms with E-state index < -0.39 is 209 Å². The minimum absolute atomic E-state index is 0.175. The molecule has 13 atom stereocenters. The molecule has 862 valence electrons. The molecule has 2 N–H and O–H groups in total. The van der Waals surface area contributed by atoms with Crippen LogP contribution in [0.2, 0.25) is 0 Å². The second-order valence-electron chi connectivity index (χ2n) is 39.5. The van der Waals surface area contributed by atoms with Gasteiger partial charge in [-0.3, -0.25) is 32.3 Å². The molecular weight excluding hydrogens is 2110 g/mol. The van der Waals surface area contributed by atoms with Crippen LogP contribution in [-0.2, 0) is 180 Å². The summed E-state index contributed by atoms with van der Waals surface area (Å²) in [6, 6.07) is 1.78. The Morgan fingerprint density at radius 3 is 0.902 bits per heavy atom. The zero-order valence-electron chi connectivity index (χ0n) is 94.7. The average Bonchev–Trinajstić information content (AvgIpc) is 1.59. The van der Waals surface area contributed by atoms with E-state index in [4.69, 9.17) is 24.6 Å². The van der Waals surface area contributed by atoms with Crippen LogP contribution in [0.4, 0.5) is 0 Å². The van der Waals surface area contributed by atoms with Gasteiger partial charge in [0.15, 0.2) is 104 Å². The predicted octanol–water partition coefficient (Wildman–Crippen LogP) is 12.9. The molecule has 3 aliphatic rings. The molecule has 3 fully saturated rings. The van der Waals surface area contributed by atoms with Crippen LogP contribution >= 0.6 is 0 Å². The topological polar surface area (TPSA) is 622 Å². The molecule has 0 heterocycles. The smallest absolute Gasteiger partial charge is 0.329 e. The molecule has 0 aliphatic heterocycles. The highest BCUT2D eigenvalue weighted by Crippen LogP contribution is 2.55. The van der Waals surface area contributed by atoms with Gasteiger partial charge in [0.2, 0.25) is 20.0 Å². The van der Waals surface area contributed by atoms with Gasteiger partial charge in [0.25, 0.3) is 20.2 Å². The fourth-order valence-corrected chi connectivity index (χ4v) is 20.8. The molecule has 3 saturated carbocycles. The molecule has 3 rings (SSSR count). The quantitative estimate of drug-likeness (QED) is 0.0260. The van der Waals surface area contributed by atoms with Crippen molar-refractivity contribution in [1.29, 1.82) is 5.26 Å². The van der Waals surface area contributed by atoms with Gasteiger partial charge in [-0.1, -0.05) is 96.9 Å². The SMILES string of the molecule is CCC(C)(C#N)S(C)(=O)=O.CCC(C)(C(=O)OC(C)(C)C)S(C)(=O)=O.CCC(C)(C(=O)OC)S(C)(=O)=O.CCC(C)(C(=O)OCOC)S(C)(=O)=O.CCC(C)(C)S(=O)(=O)OC.CCC(C)(C)S(C)(=O)=O.CCC(C)S(=O)(=O)N(C)C.CCC(C)S(=O)(=O)OC.CCC(C)S(C)(=O)=O.CCC(C)S(N)(=O)=O.CCC1(OC(=O)C(C)(CC)S(C)(=O)=O)CC2CCC1C2.CCC1(OC(=O)C(C)(CC)S(C)(=O)=O)CCCC1. The molecule has 52 heteroatoms. The van der Waals surface area contributed by atoms with E-state index in [1.807, 2.05) is 41.5 Å². The number of carbonyl (C=O) groups excluding carboxylic acids is 5. The monoisotopic (exact) mass is 2300 g/mol. The van der Waals surface area contributed by atoms with Gasteiger partial charge in [-0.2, -0.15) is 22.1 Å². The van der Waals surface area contributed by atoms with Gasteiger partial charge in [0.05, 0.1) is 57.9 Å². The highest BCUT2D eigenvalue weighted by molar-refractivity contribution is 7.95. The molecule has 0 aromatic heterocycles. The van der Waals surface area contributed by atoms with Crippen molar-refractivity contribution in [3.8, 4) is 6.07 Å². The number of methoxy groups -OCH3 is 2. The Morgan fingerprint density at radius 2 is 0.741 bits per heavy atom. The standard InChI is InChI=1S/C15H26O4S.C13H24O4S.C10H20O4S.C8H16O5S.C7H14O4S.C6H15NO2S.C6H11NO2S.C6H14O3S.C6H14O2S.C5H12O3S.C5H12O2S.C4H11NO2S/c1-5-14(3,20(4,17)18)13(16)19-15(6-2)10-11-7-8-12(15)9-11;1-5-12(3,18(4,15)16)11(14)17-13(6-2)9-7-8-10-13;1-7-10(5,15(6,12)13)8(11)14-9(2,3)4;1-5-8(2,14(4,10)11)7(9)13-6-12-3;1-5-7(2,6(8)11-3)12(4,9)10;1-5-6(2)10(8,9)7(3)4;1-4-6(2,5-7)10(3,8)9;1-5-6(2,3)10(7,8)9-4;1-5-6(2,3)9(4,7)8;1-4-5(2)9(6,7)8-3;1-4-5(2)8(3,6)7;1-3-4(2)8(5,6)7/h11-12H,5-10H2,1-4H3;5-10H2,1-4H3;7H2,1-6H3;5-6H2,1-4H3;5H2,1-4H3;6H,5H2,1-4H3;4H2,1-3H3;5H2,1-4H3;5H2,1-4H3;5H,4H2,1-3H3;5H,4H2,1-3H3;4H,3H2,1-2H3,(H2,5,6,7). The van der Waals surface area contributed by atoms with Crippen molar-refractivity contribution in [2.75, 3.05) is 99.4 Å². The Morgan fingerprint density at radius 1 is 0.406 bits per heavy atom. The fraction of sp³-hybridized carbons (Fsp3) is 0.934. The van der Waals surface area contributed by atoms with E-state index in [-0.39, 0.29) is 54.6 Å². The van der Waals surface area contributed by atoms with Crippen LogP contribution in [0.1, 0.15) is 356 Å². The zero-order chi connectivity index (χ0) is 117. The number of rotatable bonds is 38. The molecule has 13 unspecified atom stereocenters. The van der Waals surface area contributed by atoms with E-state index in [0.29, 0.717) is 56.8 Å². The van der Waals surface area contributed by atoms with Crippen molar-refractivity contribution in [3.05, 3.63) is 0 Å². The Kier molecular flexibility index (Phi) is 69.6. The van der Waals surface area contributed by atoms with Crippen LogP contribution in [0.15, 0.2) is 0 Å². The molecule has 3 aliphatic carbocycles. The number of nitrogens with two attached hydrogens (primary N) is 1. The Labute approximate surface area is 867 Å². The summed E-state index contributed by atoms with van der Waals surface area (Å²) in [5.41, 5.74) is -1.52. The number of sulfonamides is 2. The van der Waals surface area contributed by atoms with Crippen LogP contribution in [0.5, 0.6) is 0 Å². The van der Waals surface area contributed by atoms with Gasteiger partial charge >= 0.3 is 29.8 Å². The van der Waals surface area contributed by atoms with Gasteiger partial charge in [0, 0.05) is 71.3 Å². The molecule has 2 bridgehead atoms.